The van der Waals surface area contributed by atoms with Crippen LogP contribution >= 0.6 is 0 Å². The number of benzene rings is 1. The van der Waals surface area contributed by atoms with Crippen molar-refractivity contribution in [3.63, 3.8) is 0 Å². The smallest absolute Gasteiger partial charge is 0.231 e. The Morgan fingerprint density at radius 1 is 1.26 bits per heavy atom. The number of amides is 1. The van der Waals surface area contributed by atoms with Gasteiger partial charge < -0.3 is 10.6 Å². The molecule has 0 fully saturated rings. The van der Waals surface area contributed by atoms with Gasteiger partial charge in [-0.25, -0.2) is 0 Å². The number of nitrogens with zero attached hydrogens (tertiary/aromatic N) is 2. The minimum Gasteiger partial charge on any atom is -0.399 e. The quantitative estimate of drug-likeness (QED) is 0.848. The number of anilines is 2. The highest BCUT2D eigenvalue weighted by atomic mass is 16.2. The van der Waals surface area contributed by atoms with Crippen LogP contribution in [0.1, 0.15) is 11.3 Å². The molecule has 0 saturated carbocycles. The van der Waals surface area contributed by atoms with Gasteiger partial charge in [0.25, 0.3) is 0 Å². The second-order valence-electron chi connectivity index (χ2n) is 4.68. The monoisotopic (exact) mass is 253 g/mol. The number of rotatable bonds is 3. The molecular formula is C15H15N3O. The molecule has 1 aliphatic rings. The fraction of sp³-hybridized carbons (Fsp3) is 0.200. The van der Waals surface area contributed by atoms with Crippen LogP contribution in [-0.2, 0) is 17.6 Å². The number of carbonyl (C=O) groups is 1. The Bertz CT molecular complexity index is 610. The first-order valence-electron chi connectivity index (χ1n) is 6.33. The predicted molar refractivity (Wildman–Crippen MR) is 74.9 cm³/mol. The van der Waals surface area contributed by atoms with Crippen molar-refractivity contribution in [1.82, 2.24) is 4.98 Å². The van der Waals surface area contributed by atoms with Gasteiger partial charge in [-0.3, -0.25) is 9.78 Å². The highest BCUT2D eigenvalue weighted by Crippen LogP contribution is 2.30. The Morgan fingerprint density at radius 3 is 2.95 bits per heavy atom. The Balaban J connectivity index is 1.77. The largest absolute Gasteiger partial charge is 0.399 e. The number of carbonyl (C=O) groups excluding carboxylic acids is 1. The van der Waals surface area contributed by atoms with Crippen molar-refractivity contribution >= 4 is 17.3 Å². The second-order valence-corrected chi connectivity index (χ2v) is 4.68. The molecule has 1 aliphatic heterocycles. The summed E-state index contributed by atoms with van der Waals surface area (Å²) in [5.74, 6) is 0.136. The number of nitrogen functional groups attached to an aromatic ring is 1. The molecule has 4 heteroatoms. The van der Waals surface area contributed by atoms with Crippen molar-refractivity contribution in [3.05, 3.63) is 53.9 Å². The molecule has 0 saturated heterocycles. The molecule has 2 heterocycles. The molecule has 2 aromatic rings. The van der Waals surface area contributed by atoms with Crippen molar-refractivity contribution in [1.29, 1.82) is 0 Å². The van der Waals surface area contributed by atoms with E-state index >= 15 is 0 Å². The minimum atomic E-state index is 0.136. The molecular weight excluding hydrogens is 238 g/mol. The van der Waals surface area contributed by atoms with Crippen LogP contribution in [0.2, 0.25) is 0 Å². The number of nitrogens with two attached hydrogens (primary N) is 1. The first-order chi connectivity index (χ1) is 9.24. The van der Waals surface area contributed by atoms with Crippen LogP contribution in [0.25, 0.3) is 0 Å². The maximum Gasteiger partial charge on any atom is 0.231 e. The summed E-state index contributed by atoms with van der Waals surface area (Å²) in [6.07, 6.45) is 2.98. The standard InChI is InChI=1S/C15H15N3O/c16-12-4-5-14-11(9-12)10-15(19)18(14)8-6-13-3-1-2-7-17-13/h1-5,7,9H,6,8,10,16H2. The number of fused-ring (bicyclic) bond motifs is 1. The molecule has 1 aromatic carbocycles. The highest BCUT2D eigenvalue weighted by molar-refractivity contribution is 6.01. The fourth-order valence-corrected chi connectivity index (χ4v) is 2.42. The van der Waals surface area contributed by atoms with Crippen LogP contribution < -0.4 is 10.6 Å². The average Bonchev–Trinajstić information content (AvgIpc) is 2.72. The van der Waals surface area contributed by atoms with E-state index in [1.165, 1.54) is 0 Å². The van der Waals surface area contributed by atoms with Gasteiger partial charge in [0, 0.05) is 36.2 Å². The molecule has 0 bridgehead atoms. The van der Waals surface area contributed by atoms with Crippen LogP contribution in [0.5, 0.6) is 0 Å². The molecule has 96 valence electrons. The lowest BCUT2D eigenvalue weighted by Gasteiger charge is -2.17. The zero-order valence-electron chi connectivity index (χ0n) is 10.5. The molecule has 2 N–H and O–H groups in total. The van der Waals surface area contributed by atoms with E-state index in [0.717, 1.165) is 23.4 Å². The van der Waals surface area contributed by atoms with Gasteiger partial charge in [-0.1, -0.05) is 6.07 Å². The number of aromatic nitrogens is 1. The Kier molecular flexibility index (Phi) is 2.91. The first kappa shape index (κ1) is 11.7. The normalized spacial score (nSPS) is 13.7. The fourth-order valence-electron chi connectivity index (χ4n) is 2.42. The zero-order valence-corrected chi connectivity index (χ0v) is 10.5. The molecule has 0 spiro atoms. The van der Waals surface area contributed by atoms with Gasteiger partial charge in [0.05, 0.1) is 6.42 Å². The summed E-state index contributed by atoms with van der Waals surface area (Å²) in [6.45, 7) is 0.659. The summed E-state index contributed by atoms with van der Waals surface area (Å²) >= 11 is 0. The van der Waals surface area contributed by atoms with Gasteiger partial charge in [0.15, 0.2) is 0 Å². The topological polar surface area (TPSA) is 59.2 Å². The van der Waals surface area contributed by atoms with Crippen LogP contribution in [0, 0.1) is 0 Å². The van der Waals surface area contributed by atoms with Crippen LogP contribution in [-0.4, -0.2) is 17.4 Å². The van der Waals surface area contributed by atoms with E-state index in [1.807, 2.05) is 41.3 Å². The maximum atomic E-state index is 12.0. The number of pyridine rings is 1. The number of hydrogen-bond acceptors (Lipinski definition) is 3. The number of hydrogen-bond donors (Lipinski definition) is 1. The molecule has 0 atom stereocenters. The van der Waals surface area contributed by atoms with Gasteiger partial charge in [-0.2, -0.15) is 0 Å². The summed E-state index contributed by atoms with van der Waals surface area (Å²) in [5.41, 5.74) is 9.45. The van der Waals surface area contributed by atoms with E-state index in [2.05, 4.69) is 4.98 Å². The summed E-state index contributed by atoms with van der Waals surface area (Å²) in [7, 11) is 0. The third-order valence-electron chi connectivity index (χ3n) is 3.35. The zero-order chi connectivity index (χ0) is 13.2. The molecule has 3 rings (SSSR count). The van der Waals surface area contributed by atoms with Gasteiger partial charge in [0.1, 0.15) is 0 Å². The summed E-state index contributed by atoms with van der Waals surface area (Å²) < 4.78 is 0. The molecule has 1 aromatic heterocycles. The Labute approximate surface area is 111 Å². The lowest BCUT2D eigenvalue weighted by atomic mass is 10.1. The summed E-state index contributed by atoms with van der Waals surface area (Å²) in [5, 5.41) is 0. The lowest BCUT2D eigenvalue weighted by molar-refractivity contribution is -0.117. The van der Waals surface area contributed by atoms with Crippen LogP contribution in [0.4, 0.5) is 11.4 Å². The SMILES string of the molecule is Nc1ccc2c(c1)CC(=O)N2CCc1ccccn1. The second kappa shape index (κ2) is 4.72. The first-order valence-corrected chi connectivity index (χ1v) is 6.33. The Morgan fingerprint density at radius 2 is 2.16 bits per heavy atom. The van der Waals surface area contributed by atoms with Crippen molar-refractivity contribution < 1.29 is 4.79 Å². The van der Waals surface area contributed by atoms with E-state index in [4.69, 9.17) is 5.73 Å². The molecule has 0 aliphatic carbocycles. The maximum absolute atomic E-state index is 12.0. The van der Waals surface area contributed by atoms with Gasteiger partial charge >= 0.3 is 0 Å². The highest BCUT2D eigenvalue weighted by Gasteiger charge is 2.26. The van der Waals surface area contributed by atoms with E-state index in [9.17, 15) is 4.79 Å². The molecule has 0 unspecified atom stereocenters. The molecule has 4 nitrogen and oxygen atoms in total. The third-order valence-corrected chi connectivity index (χ3v) is 3.35. The summed E-state index contributed by atoms with van der Waals surface area (Å²) in [4.78, 5) is 18.1. The lowest BCUT2D eigenvalue weighted by Crippen LogP contribution is -2.29. The van der Waals surface area contributed by atoms with Crippen molar-refractivity contribution in [2.24, 2.45) is 0 Å². The van der Waals surface area contributed by atoms with E-state index in [-0.39, 0.29) is 5.91 Å². The summed E-state index contributed by atoms with van der Waals surface area (Å²) in [6, 6.07) is 11.5. The van der Waals surface area contributed by atoms with Crippen LogP contribution in [0.15, 0.2) is 42.6 Å². The Hall–Kier alpha value is -2.36. The van der Waals surface area contributed by atoms with Gasteiger partial charge in [0.2, 0.25) is 5.91 Å². The van der Waals surface area contributed by atoms with Crippen molar-refractivity contribution in [2.45, 2.75) is 12.8 Å². The molecule has 1 amide bonds. The molecule has 0 radical (unpaired) electrons. The predicted octanol–water partition coefficient (Wildman–Crippen LogP) is 1.80. The molecule has 19 heavy (non-hydrogen) atoms. The van der Waals surface area contributed by atoms with E-state index in [0.29, 0.717) is 18.7 Å². The third kappa shape index (κ3) is 2.29. The van der Waals surface area contributed by atoms with E-state index in [1.54, 1.807) is 6.20 Å². The van der Waals surface area contributed by atoms with Gasteiger partial charge in [-0.05, 0) is 35.9 Å². The van der Waals surface area contributed by atoms with Crippen molar-refractivity contribution in [3.8, 4) is 0 Å². The average molecular weight is 253 g/mol. The van der Waals surface area contributed by atoms with E-state index < -0.39 is 0 Å². The van der Waals surface area contributed by atoms with Gasteiger partial charge in [-0.15, -0.1) is 0 Å². The van der Waals surface area contributed by atoms with Crippen molar-refractivity contribution in [2.75, 3.05) is 17.2 Å². The minimum absolute atomic E-state index is 0.136. The van der Waals surface area contributed by atoms with Crippen LogP contribution in [0.3, 0.4) is 0 Å².